The maximum Gasteiger partial charge on any atom is 0.264 e. The summed E-state index contributed by atoms with van der Waals surface area (Å²) in [5.41, 5.74) is 2.37. The minimum Gasteiger partial charge on any atom is -0.494 e. The maximum atomic E-state index is 13.7. The van der Waals surface area contributed by atoms with Crippen molar-refractivity contribution in [2.45, 2.75) is 29.6 Å². The first kappa shape index (κ1) is 24.2. The average Bonchev–Trinajstić information content (AvgIpc) is 2.87. The lowest BCUT2D eigenvalue weighted by atomic mass is 10.0. The van der Waals surface area contributed by atoms with Gasteiger partial charge in [0.2, 0.25) is 5.91 Å². The lowest BCUT2D eigenvalue weighted by Gasteiger charge is -2.32. The van der Waals surface area contributed by atoms with Gasteiger partial charge in [0.25, 0.3) is 10.0 Å². The van der Waals surface area contributed by atoms with Crippen LogP contribution in [0.25, 0.3) is 0 Å². The van der Waals surface area contributed by atoms with Gasteiger partial charge in [-0.3, -0.25) is 9.10 Å². The molecule has 4 rings (SSSR count). The number of hydrogen-bond acceptors (Lipinski definition) is 5. The number of hydrogen-bond donors (Lipinski definition) is 0. The Morgan fingerprint density at radius 1 is 1.03 bits per heavy atom. The highest BCUT2D eigenvalue weighted by Crippen LogP contribution is 2.30. The number of benzene rings is 3. The molecule has 0 fully saturated rings. The molecule has 0 radical (unpaired) electrons. The Hall–Kier alpha value is -2.97. The van der Waals surface area contributed by atoms with Crippen molar-refractivity contribution < 1.29 is 17.9 Å². The zero-order valence-corrected chi connectivity index (χ0v) is 20.9. The third-order valence-electron chi connectivity index (χ3n) is 5.77. The van der Waals surface area contributed by atoms with E-state index < -0.39 is 10.0 Å². The number of rotatable bonds is 8. The number of fused-ring (bicyclic) bond motifs is 1. The second-order valence-corrected chi connectivity index (χ2v) is 10.6. The van der Waals surface area contributed by atoms with Crippen LogP contribution in [-0.4, -0.2) is 40.3 Å². The number of para-hydroxylation sites is 1. The Morgan fingerprint density at radius 2 is 1.74 bits per heavy atom. The van der Waals surface area contributed by atoms with Gasteiger partial charge in [-0.2, -0.15) is 0 Å². The smallest absolute Gasteiger partial charge is 0.264 e. The number of thioether (sulfide) groups is 1. The van der Waals surface area contributed by atoms with Crippen LogP contribution in [0, 0.1) is 0 Å². The van der Waals surface area contributed by atoms with Crippen LogP contribution in [0.3, 0.4) is 0 Å². The molecule has 6 nitrogen and oxygen atoms in total. The van der Waals surface area contributed by atoms with Crippen LogP contribution in [0.2, 0.25) is 0 Å². The van der Waals surface area contributed by atoms with E-state index in [2.05, 4.69) is 0 Å². The van der Waals surface area contributed by atoms with Crippen LogP contribution in [0.5, 0.6) is 5.75 Å². The quantitative estimate of drug-likeness (QED) is 0.412. The van der Waals surface area contributed by atoms with E-state index in [1.54, 1.807) is 53.4 Å². The summed E-state index contributed by atoms with van der Waals surface area (Å²) in [6.07, 6.45) is 3.68. The number of amides is 1. The molecule has 0 aromatic heterocycles. The topological polar surface area (TPSA) is 66.9 Å². The van der Waals surface area contributed by atoms with Crippen molar-refractivity contribution in [1.82, 2.24) is 0 Å². The summed E-state index contributed by atoms with van der Waals surface area (Å²) >= 11 is 1.54. The molecule has 0 bridgehead atoms. The van der Waals surface area contributed by atoms with Gasteiger partial charge in [-0.05, 0) is 86.2 Å². The van der Waals surface area contributed by atoms with Gasteiger partial charge in [0, 0.05) is 17.1 Å². The number of anilines is 2. The zero-order valence-electron chi connectivity index (χ0n) is 19.3. The molecule has 1 amide bonds. The van der Waals surface area contributed by atoms with Crippen molar-refractivity contribution in [3.63, 3.8) is 0 Å². The van der Waals surface area contributed by atoms with Crippen molar-refractivity contribution in [2.75, 3.05) is 35.2 Å². The van der Waals surface area contributed by atoms with Gasteiger partial charge in [0.05, 0.1) is 17.2 Å². The fraction of sp³-hybridized carbons (Fsp3) is 0.269. The highest BCUT2D eigenvalue weighted by molar-refractivity contribution is 7.98. The van der Waals surface area contributed by atoms with Gasteiger partial charge < -0.3 is 9.64 Å². The largest absolute Gasteiger partial charge is 0.494 e. The molecule has 8 heteroatoms. The van der Waals surface area contributed by atoms with Crippen LogP contribution in [0.15, 0.2) is 82.6 Å². The van der Waals surface area contributed by atoms with Crippen LogP contribution in [0.1, 0.15) is 18.9 Å². The summed E-state index contributed by atoms with van der Waals surface area (Å²) < 4.78 is 34.1. The van der Waals surface area contributed by atoms with E-state index in [1.807, 2.05) is 37.4 Å². The van der Waals surface area contributed by atoms with Gasteiger partial charge in [-0.1, -0.05) is 18.2 Å². The molecular formula is C26H28N2O4S2. The minimum absolute atomic E-state index is 0.144. The van der Waals surface area contributed by atoms with Gasteiger partial charge in [0.1, 0.15) is 12.3 Å². The summed E-state index contributed by atoms with van der Waals surface area (Å²) in [7, 11) is -3.98. The Bertz CT molecular complexity index is 1240. The van der Waals surface area contributed by atoms with Crippen molar-refractivity contribution in [3.05, 3.63) is 78.4 Å². The molecule has 0 saturated carbocycles. The normalized spacial score (nSPS) is 13.3. The van der Waals surface area contributed by atoms with Crippen LogP contribution >= 0.6 is 11.8 Å². The lowest BCUT2D eigenvalue weighted by molar-refractivity contribution is -0.117. The molecular weight excluding hydrogens is 468 g/mol. The lowest BCUT2D eigenvalue weighted by Crippen LogP contribution is -2.45. The van der Waals surface area contributed by atoms with Crippen LogP contribution in [0.4, 0.5) is 11.4 Å². The molecule has 178 valence electrons. The second-order valence-electron chi connectivity index (χ2n) is 7.89. The number of nitrogens with zero attached hydrogens (tertiary/aromatic N) is 2. The fourth-order valence-corrected chi connectivity index (χ4v) is 5.89. The number of ether oxygens (including phenoxy) is 1. The summed E-state index contributed by atoms with van der Waals surface area (Å²) in [6.45, 7) is 2.67. The van der Waals surface area contributed by atoms with Crippen molar-refractivity contribution >= 4 is 39.1 Å². The average molecular weight is 497 g/mol. The zero-order chi connectivity index (χ0) is 24.1. The third kappa shape index (κ3) is 5.08. The number of sulfonamides is 1. The highest BCUT2D eigenvalue weighted by Gasteiger charge is 2.31. The minimum atomic E-state index is -3.98. The van der Waals surface area contributed by atoms with E-state index in [4.69, 9.17) is 4.74 Å². The molecule has 0 unspecified atom stereocenters. The van der Waals surface area contributed by atoms with Crippen molar-refractivity contribution in [3.8, 4) is 5.75 Å². The van der Waals surface area contributed by atoms with E-state index in [0.29, 0.717) is 24.6 Å². The molecule has 3 aromatic carbocycles. The number of aryl methyl sites for hydroxylation is 1. The molecule has 1 aliphatic rings. The molecule has 1 aliphatic heterocycles. The maximum absolute atomic E-state index is 13.7. The van der Waals surface area contributed by atoms with E-state index >= 15 is 0 Å². The molecule has 1 heterocycles. The molecule has 0 aliphatic carbocycles. The summed E-state index contributed by atoms with van der Waals surface area (Å²) in [4.78, 5) is 16.3. The summed E-state index contributed by atoms with van der Waals surface area (Å²) in [5, 5.41) is 0. The van der Waals surface area contributed by atoms with Gasteiger partial charge >= 0.3 is 0 Å². The third-order valence-corrected chi connectivity index (χ3v) is 8.30. The SMILES string of the molecule is CCOc1ccc(N(CC(=O)N2CCCc3ccccc32)S(=O)(=O)c2ccc(SC)cc2)cc1. The number of carbonyl (C=O) groups excluding carboxylic acids is 1. The predicted octanol–water partition coefficient (Wildman–Crippen LogP) is 4.98. The van der Waals surface area contributed by atoms with Gasteiger partial charge in [0.15, 0.2) is 0 Å². The Kier molecular flexibility index (Phi) is 7.48. The Labute approximate surface area is 205 Å². The number of carbonyl (C=O) groups is 1. The first-order valence-corrected chi connectivity index (χ1v) is 13.9. The van der Waals surface area contributed by atoms with Crippen molar-refractivity contribution in [2.24, 2.45) is 0 Å². The predicted molar refractivity (Wildman–Crippen MR) is 137 cm³/mol. The standard InChI is InChI=1S/C26H28N2O4S2/c1-3-32-22-12-10-21(11-13-22)28(34(30,31)24-16-14-23(33-2)15-17-24)19-26(29)27-18-6-8-20-7-4-5-9-25(20)27/h4-5,7,9-17H,3,6,8,18-19H2,1-2H3. The molecule has 0 N–H and O–H groups in total. The van der Waals surface area contributed by atoms with E-state index in [1.165, 1.54) is 16.1 Å². The highest BCUT2D eigenvalue weighted by atomic mass is 32.2. The van der Waals surface area contributed by atoms with Gasteiger partial charge in [-0.15, -0.1) is 11.8 Å². The first-order valence-electron chi connectivity index (χ1n) is 11.2. The fourth-order valence-electron chi connectivity index (χ4n) is 4.07. The van der Waals surface area contributed by atoms with Crippen LogP contribution in [-0.2, 0) is 21.2 Å². The molecule has 0 spiro atoms. The first-order chi connectivity index (χ1) is 16.4. The van der Waals surface area contributed by atoms with Crippen molar-refractivity contribution in [1.29, 1.82) is 0 Å². The molecule has 0 atom stereocenters. The molecule has 3 aromatic rings. The summed E-state index contributed by atoms with van der Waals surface area (Å²) in [5.74, 6) is 0.384. The monoisotopic (exact) mass is 496 g/mol. The van der Waals surface area contributed by atoms with Crippen LogP contribution < -0.4 is 13.9 Å². The summed E-state index contributed by atoms with van der Waals surface area (Å²) in [6, 6.07) is 21.3. The Morgan fingerprint density at radius 3 is 2.41 bits per heavy atom. The van der Waals surface area contributed by atoms with E-state index in [9.17, 15) is 13.2 Å². The Balaban J connectivity index is 1.70. The van der Waals surface area contributed by atoms with Gasteiger partial charge in [-0.25, -0.2) is 8.42 Å². The molecule has 34 heavy (non-hydrogen) atoms. The molecule has 0 saturated heterocycles. The van der Waals surface area contributed by atoms with E-state index in [0.717, 1.165) is 29.0 Å². The van der Waals surface area contributed by atoms with E-state index in [-0.39, 0.29) is 17.3 Å². The second kappa shape index (κ2) is 10.5.